The van der Waals surface area contributed by atoms with Crippen LogP contribution in [-0.4, -0.2) is 66.3 Å². The van der Waals surface area contributed by atoms with E-state index in [0.29, 0.717) is 40.7 Å². The standard InChI is InChI=1S/C30H31ClFN5O/c1-36-14-4-7-21(36)17-38-30-34-28-24(29(35-30)37-15-19-10-11-20(16-37)33-19)13-12-23(27(28)32)22-8-2-5-18-6-3-9-25(31)26(18)22/h2-3,5-6,8-9,12-13,19-21,33H,4,7,10-11,14-17H2,1H3/t19-,20+,21-/m0/s1. The quantitative estimate of drug-likeness (QED) is 0.359. The van der Waals surface area contributed by atoms with Gasteiger partial charge in [-0.25, -0.2) is 4.39 Å². The van der Waals surface area contributed by atoms with E-state index in [0.717, 1.165) is 67.5 Å². The average Bonchev–Trinajstić information content (AvgIpc) is 3.50. The molecule has 3 aliphatic rings. The molecule has 3 atom stereocenters. The van der Waals surface area contributed by atoms with Crippen molar-refractivity contribution in [1.82, 2.24) is 20.2 Å². The number of rotatable bonds is 5. The zero-order valence-corrected chi connectivity index (χ0v) is 22.2. The minimum Gasteiger partial charge on any atom is -0.462 e. The van der Waals surface area contributed by atoms with Crippen LogP contribution in [0.4, 0.5) is 10.2 Å². The van der Waals surface area contributed by atoms with Crippen molar-refractivity contribution in [3.8, 4) is 17.1 Å². The van der Waals surface area contributed by atoms with Crippen molar-refractivity contribution in [2.45, 2.75) is 43.8 Å². The number of halogens is 2. The Hall–Kier alpha value is -3.00. The Morgan fingerprint density at radius 2 is 1.79 bits per heavy atom. The third-order valence-electron chi connectivity index (χ3n) is 8.50. The zero-order valence-electron chi connectivity index (χ0n) is 21.5. The van der Waals surface area contributed by atoms with Crippen LogP contribution < -0.4 is 15.0 Å². The highest BCUT2D eigenvalue weighted by Gasteiger charge is 2.34. The number of likely N-dealkylation sites (tertiary alicyclic amines) is 1. The highest BCUT2D eigenvalue weighted by molar-refractivity contribution is 6.36. The highest BCUT2D eigenvalue weighted by atomic mass is 35.5. The summed E-state index contributed by atoms with van der Waals surface area (Å²) >= 11 is 6.60. The van der Waals surface area contributed by atoms with Crippen LogP contribution >= 0.6 is 11.6 Å². The summed E-state index contributed by atoms with van der Waals surface area (Å²) in [6.07, 6.45) is 4.55. The Morgan fingerprint density at radius 3 is 2.55 bits per heavy atom. The molecule has 38 heavy (non-hydrogen) atoms. The van der Waals surface area contributed by atoms with E-state index < -0.39 is 0 Å². The maximum absolute atomic E-state index is 16.5. The van der Waals surface area contributed by atoms with Gasteiger partial charge in [-0.3, -0.25) is 0 Å². The van der Waals surface area contributed by atoms with Gasteiger partial charge in [-0.1, -0.05) is 48.0 Å². The average molecular weight is 532 g/mol. The number of anilines is 1. The predicted molar refractivity (Wildman–Crippen MR) is 151 cm³/mol. The lowest BCUT2D eigenvalue weighted by atomic mass is 9.96. The molecule has 1 N–H and O–H groups in total. The first-order valence-electron chi connectivity index (χ1n) is 13.6. The van der Waals surface area contributed by atoms with E-state index in [1.165, 1.54) is 0 Å². The molecule has 3 aliphatic heterocycles. The van der Waals surface area contributed by atoms with Crippen molar-refractivity contribution in [1.29, 1.82) is 0 Å². The van der Waals surface area contributed by atoms with Crippen LogP contribution in [-0.2, 0) is 0 Å². The second-order valence-electron chi connectivity index (χ2n) is 10.9. The number of hydrogen-bond donors (Lipinski definition) is 1. The van der Waals surface area contributed by atoms with Crippen LogP contribution in [0.5, 0.6) is 6.01 Å². The second-order valence-corrected chi connectivity index (χ2v) is 11.3. The first kappa shape index (κ1) is 24.1. The molecule has 0 aliphatic carbocycles. The molecule has 196 valence electrons. The Labute approximate surface area is 226 Å². The molecule has 4 heterocycles. The molecular weight excluding hydrogens is 501 g/mol. The van der Waals surface area contributed by atoms with Crippen LogP contribution in [0.25, 0.3) is 32.8 Å². The normalized spacial score (nSPS) is 23.6. The van der Waals surface area contributed by atoms with Gasteiger partial charge in [0.15, 0.2) is 5.82 Å². The van der Waals surface area contributed by atoms with E-state index in [-0.39, 0.29) is 17.3 Å². The summed E-state index contributed by atoms with van der Waals surface area (Å²) in [5.74, 6) is 0.379. The SMILES string of the molecule is CN1CCC[C@H]1COc1nc(N2C[C@H]3CC[C@@H](C2)N3)c2ccc(-c3cccc4cccc(Cl)c34)c(F)c2n1. The van der Waals surface area contributed by atoms with Crippen molar-refractivity contribution < 1.29 is 9.13 Å². The summed E-state index contributed by atoms with van der Waals surface area (Å²) in [5.41, 5.74) is 1.52. The summed E-state index contributed by atoms with van der Waals surface area (Å²) in [6.45, 7) is 3.24. The number of likely N-dealkylation sites (N-methyl/N-ethyl adjacent to an activating group) is 1. The summed E-state index contributed by atoms with van der Waals surface area (Å²) in [5, 5.41) is 6.79. The minimum absolute atomic E-state index is 0.241. The smallest absolute Gasteiger partial charge is 0.319 e. The first-order valence-corrected chi connectivity index (χ1v) is 13.9. The van der Waals surface area contributed by atoms with Crippen LogP contribution in [0.2, 0.25) is 5.02 Å². The van der Waals surface area contributed by atoms with Crippen molar-refractivity contribution in [2.75, 3.05) is 38.2 Å². The van der Waals surface area contributed by atoms with E-state index in [1.807, 2.05) is 48.5 Å². The molecule has 0 unspecified atom stereocenters. The molecule has 1 aromatic heterocycles. The van der Waals surface area contributed by atoms with Gasteiger partial charge in [0.25, 0.3) is 0 Å². The fourth-order valence-electron chi connectivity index (χ4n) is 6.49. The molecule has 3 saturated heterocycles. The molecule has 2 bridgehead atoms. The van der Waals surface area contributed by atoms with Crippen molar-refractivity contribution in [3.63, 3.8) is 0 Å². The Morgan fingerprint density at radius 1 is 1.00 bits per heavy atom. The van der Waals surface area contributed by atoms with E-state index in [4.69, 9.17) is 21.3 Å². The van der Waals surface area contributed by atoms with Crippen molar-refractivity contribution >= 4 is 39.1 Å². The molecule has 3 aromatic carbocycles. The number of nitrogens with one attached hydrogen (secondary N) is 1. The Bertz CT molecular complexity index is 1510. The van der Waals surface area contributed by atoms with Crippen LogP contribution in [0.15, 0.2) is 48.5 Å². The molecule has 0 radical (unpaired) electrons. The highest BCUT2D eigenvalue weighted by Crippen LogP contribution is 2.39. The molecule has 0 spiro atoms. The van der Waals surface area contributed by atoms with Crippen LogP contribution in [0.1, 0.15) is 25.7 Å². The molecule has 4 aromatic rings. The number of nitrogens with zero attached hydrogens (tertiary/aromatic N) is 4. The fraction of sp³-hybridized carbons (Fsp3) is 0.400. The molecule has 6 nitrogen and oxygen atoms in total. The van der Waals surface area contributed by atoms with Gasteiger partial charge in [-0.15, -0.1) is 0 Å². The minimum atomic E-state index is -0.375. The third-order valence-corrected chi connectivity index (χ3v) is 8.82. The van der Waals surface area contributed by atoms with E-state index >= 15 is 4.39 Å². The summed E-state index contributed by atoms with van der Waals surface area (Å²) < 4.78 is 22.6. The molecule has 8 heteroatoms. The van der Waals surface area contributed by atoms with Crippen LogP contribution in [0.3, 0.4) is 0 Å². The number of benzene rings is 3. The Balaban J connectivity index is 1.36. The summed E-state index contributed by atoms with van der Waals surface area (Å²) in [7, 11) is 2.12. The lowest BCUT2D eigenvalue weighted by molar-refractivity contribution is 0.188. The molecule has 3 fully saturated rings. The second kappa shape index (κ2) is 9.63. The molecular formula is C30H31ClFN5O. The number of fused-ring (bicyclic) bond motifs is 4. The van der Waals surface area contributed by atoms with Gasteiger partial charge in [-0.2, -0.15) is 9.97 Å². The summed E-state index contributed by atoms with van der Waals surface area (Å²) in [6, 6.07) is 16.8. The number of aromatic nitrogens is 2. The van der Waals surface area contributed by atoms with E-state index in [2.05, 4.69) is 27.1 Å². The third kappa shape index (κ3) is 4.17. The lowest BCUT2D eigenvalue weighted by Crippen LogP contribution is -2.51. The molecule has 7 rings (SSSR count). The maximum Gasteiger partial charge on any atom is 0.319 e. The van der Waals surface area contributed by atoms with Gasteiger partial charge >= 0.3 is 6.01 Å². The van der Waals surface area contributed by atoms with E-state index in [1.54, 1.807) is 0 Å². The number of ether oxygens (including phenoxy) is 1. The van der Waals surface area contributed by atoms with E-state index in [9.17, 15) is 0 Å². The predicted octanol–water partition coefficient (Wildman–Crippen LogP) is 5.66. The largest absolute Gasteiger partial charge is 0.462 e. The maximum atomic E-state index is 16.5. The topological polar surface area (TPSA) is 53.5 Å². The molecule has 0 saturated carbocycles. The monoisotopic (exact) mass is 531 g/mol. The van der Waals surface area contributed by atoms with Gasteiger partial charge in [0.1, 0.15) is 17.9 Å². The van der Waals surface area contributed by atoms with Gasteiger partial charge in [0, 0.05) is 52.6 Å². The Kier molecular flexibility index (Phi) is 6.10. The number of hydrogen-bond acceptors (Lipinski definition) is 6. The van der Waals surface area contributed by atoms with Gasteiger partial charge < -0.3 is 19.9 Å². The van der Waals surface area contributed by atoms with Crippen molar-refractivity contribution in [2.24, 2.45) is 0 Å². The number of piperazine rings is 1. The van der Waals surface area contributed by atoms with Gasteiger partial charge in [0.2, 0.25) is 0 Å². The van der Waals surface area contributed by atoms with Crippen LogP contribution in [0, 0.1) is 5.82 Å². The summed E-state index contributed by atoms with van der Waals surface area (Å²) in [4.78, 5) is 14.1. The van der Waals surface area contributed by atoms with Gasteiger partial charge in [-0.05, 0) is 62.4 Å². The zero-order chi connectivity index (χ0) is 25.8. The fourth-order valence-corrected chi connectivity index (χ4v) is 6.77. The van der Waals surface area contributed by atoms with Gasteiger partial charge in [0.05, 0.1) is 0 Å². The molecule has 0 amide bonds. The van der Waals surface area contributed by atoms with Crippen molar-refractivity contribution in [3.05, 3.63) is 59.4 Å². The first-order chi connectivity index (χ1) is 18.5. The lowest BCUT2D eigenvalue weighted by Gasteiger charge is -2.34.